The van der Waals surface area contributed by atoms with Crippen LogP contribution in [0.15, 0.2) is 66.7 Å². The van der Waals surface area contributed by atoms with Gasteiger partial charge in [0.25, 0.3) is 0 Å². The van der Waals surface area contributed by atoms with Crippen molar-refractivity contribution >= 4 is 34.5 Å². The van der Waals surface area contributed by atoms with Gasteiger partial charge in [-0.05, 0) is 88.1 Å². The molecule has 7 heteroatoms. The molecule has 1 aromatic heterocycles. The second kappa shape index (κ2) is 26.7. The summed E-state index contributed by atoms with van der Waals surface area (Å²) < 4.78 is 4.70. The zero-order valence-electron chi connectivity index (χ0n) is 33.2. The zero-order valence-corrected chi connectivity index (χ0v) is 33.2. The average molecular weight is 688 g/mol. The van der Waals surface area contributed by atoms with E-state index in [1.807, 2.05) is 84.1 Å². The molecule has 0 aliphatic heterocycles. The highest BCUT2D eigenvalue weighted by Gasteiger charge is 2.19. The maximum Gasteiger partial charge on any atom is 0.356 e. The summed E-state index contributed by atoms with van der Waals surface area (Å²) in [6.07, 6.45) is 7.35. The first-order chi connectivity index (χ1) is 24.0. The van der Waals surface area contributed by atoms with E-state index in [-0.39, 0.29) is 17.4 Å². The quantitative estimate of drug-likeness (QED) is 0.0953. The second-order valence-electron chi connectivity index (χ2n) is 11.8. The van der Waals surface area contributed by atoms with Gasteiger partial charge in [-0.3, -0.25) is 9.59 Å². The summed E-state index contributed by atoms with van der Waals surface area (Å²) >= 11 is 0. The van der Waals surface area contributed by atoms with Crippen molar-refractivity contribution in [2.45, 2.75) is 107 Å². The van der Waals surface area contributed by atoms with Crippen molar-refractivity contribution < 1.29 is 19.1 Å². The number of ether oxygens (including phenoxy) is 1. The number of ketones is 1. The maximum atomic E-state index is 12.6. The van der Waals surface area contributed by atoms with Crippen LogP contribution >= 0.6 is 0 Å². The highest BCUT2D eigenvalue weighted by molar-refractivity contribution is 6.27. The molecule has 1 heterocycles. The minimum atomic E-state index is -0.489. The van der Waals surface area contributed by atoms with Gasteiger partial charge in [-0.25, -0.2) is 9.78 Å². The van der Waals surface area contributed by atoms with Gasteiger partial charge in [0.2, 0.25) is 5.91 Å². The molecule has 0 fully saturated rings. The van der Waals surface area contributed by atoms with E-state index in [4.69, 9.17) is 4.74 Å². The maximum absolute atomic E-state index is 12.6. The molecule has 3 aromatic rings. The van der Waals surface area contributed by atoms with Gasteiger partial charge in [0, 0.05) is 42.4 Å². The monoisotopic (exact) mass is 687 g/mol. The van der Waals surface area contributed by atoms with Gasteiger partial charge in [0.15, 0.2) is 5.78 Å². The summed E-state index contributed by atoms with van der Waals surface area (Å²) in [5, 5.41) is 0. The number of esters is 1. The Morgan fingerprint density at radius 1 is 0.760 bits per heavy atom. The lowest BCUT2D eigenvalue weighted by Crippen LogP contribution is -2.24. The predicted octanol–water partition coefficient (Wildman–Crippen LogP) is 10.3. The summed E-state index contributed by atoms with van der Waals surface area (Å²) in [7, 11) is 5.34. The smallest absolute Gasteiger partial charge is 0.356 e. The third kappa shape index (κ3) is 16.1. The number of anilines is 1. The van der Waals surface area contributed by atoms with E-state index in [2.05, 4.69) is 49.8 Å². The van der Waals surface area contributed by atoms with Crippen LogP contribution in [0.1, 0.15) is 127 Å². The van der Waals surface area contributed by atoms with E-state index in [0.717, 1.165) is 28.8 Å². The lowest BCUT2D eigenvalue weighted by atomic mass is 9.91. The van der Waals surface area contributed by atoms with Crippen LogP contribution in [0.25, 0.3) is 11.1 Å². The second-order valence-corrected chi connectivity index (χ2v) is 11.8. The van der Waals surface area contributed by atoms with Gasteiger partial charge in [-0.2, -0.15) is 0 Å². The van der Waals surface area contributed by atoms with Crippen molar-refractivity contribution in [3.05, 3.63) is 94.8 Å². The van der Waals surface area contributed by atoms with Gasteiger partial charge >= 0.3 is 5.97 Å². The van der Waals surface area contributed by atoms with Gasteiger partial charge in [0.1, 0.15) is 5.69 Å². The van der Waals surface area contributed by atoms with Crippen LogP contribution in [0.3, 0.4) is 0 Å². The number of carbonyl (C=O) groups is 3. The van der Waals surface area contributed by atoms with Crippen molar-refractivity contribution in [2.75, 3.05) is 39.2 Å². The molecular weight excluding hydrogens is 622 g/mol. The van der Waals surface area contributed by atoms with Crippen molar-refractivity contribution in [2.24, 2.45) is 0 Å². The molecule has 0 N–H and O–H groups in total. The standard InChI is InChI=1S/C20H21NO3.C12H17NO.C9H21N.C2H6/c1-5-18(22)19(13(2)15-9-7-6-8-10-15)16-11-12-17(20(23)24-4)21-14(16)3;1-4-10-6-8-11(9-7-10)13(3)12(14)5-2;1-4-6-7-9-10(3)8-5-2;1-2/h6-12H,5H2,1-4H3;6-9H,4-5H2,1-3H3;4-9H2,1-3H3;1-2H3/b19-13+;;;. The molecule has 0 saturated heterocycles. The molecule has 50 heavy (non-hydrogen) atoms. The van der Waals surface area contributed by atoms with Gasteiger partial charge < -0.3 is 14.5 Å². The fourth-order valence-electron chi connectivity index (χ4n) is 5.08. The first-order valence-corrected chi connectivity index (χ1v) is 18.4. The number of hydrogen-bond donors (Lipinski definition) is 0. The number of Topliss-reactive ketones (excluding diaryl/α,β-unsaturated/α-hetero) is 1. The van der Waals surface area contributed by atoms with Gasteiger partial charge in [0.05, 0.1) is 7.11 Å². The lowest BCUT2D eigenvalue weighted by Gasteiger charge is -2.16. The Bertz CT molecular complexity index is 1430. The van der Waals surface area contributed by atoms with Gasteiger partial charge in [-0.1, -0.05) is 110 Å². The van der Waals surface area contributed by atoms with E-state index in [1.54, 1.807) is 24.0 Å². The molecule has 1 amide bonds. The van der Waals surface area contributed by atoms with Crippen LogP contribution in [0.4, 0.5) is 5.69 Å². The van der Waals surface area contributed by atoms with Crippen molar-refractivity contribution in [1.29, 1.82) is 0 Å². The molecule has 2 aromatic carbocycles. The SMILES string of the molecule is CC.CCC(=O)/C(=C(\C)c1ccccc1)c1ccc(C(=O)OC)nc1C.CCC(=O)N(C)c1ccc(CC)cc1.CCCCCN(C)CCC. The first kappa shape index (κ1) is 45.9. The average Bonchev–Trinajstić information content (AvgIpc) is 3.16. The number of carbonyl (C=O) groups excluding carboxylic acids is 3. The third-order valence-corrected chi connectivity index (χ3v) is 8.09. The Kier molecular flexibility index (Phi) is 24.5. The fraction of sp³-hybridized carbons (Fsp3) is 0.488. The Hall–Kier alpha value is -4.10. The van der Waals surface area contributed by atoms with Crippen LogP contribution < -0.4 is 4.90 Å². The van der Waals surface area contributed by atoms with Crippen molar-refractivity contribution in [1.82, 2.24) is 9.88 Å². The number of aryl methyl sites for hydroxylation is 2. The largest absolute Gasteiger partial charge is 0.464 e. The minimum Gasteiger partial charge on any atom is -0.464 e. The molecule has 0 radical (unpaired) electrons. The first-order valence-electron chi connectivity index (χ1n) is 18.4. The molecule has 0 spiro atoms. The summed E-state index contributed by atoms with van der Waals surface area (Å²) in [5.41, 5.74) is 6.41. The number of nitrogens with zero attached hydrogens (tertiary/aromatic N) is 3. The Morgan fingerprint density at radius 2 is 1.38 bits per heavy atom. The molecule has 0 aliphatic carbocycles. The molecule has 0 aliphatic rings. The Morgan fingerprint density at radius 3 is 1.86 bits per heavy atom. The number of methoxy groups -OCH3 is 1. The van der Waals surface area contributed by atoms with Crippen molar-refractivity contribution in [3.63, 3.8) is 0 Å². The van der Waals surface area contributed by atoms with Crippen LogP contribution in [-0.4, -0.2) is 61.8 Å². The van der Waals surface area contributed by atoms with E-state index < -0.39 is 5.97 Å². The van der Waals surface area contributed by atoms with E-state index in [0.29, 0.717) is 24.1 Å². The molecule has 0 atom stereocenters. The number of aromatic nitrogens is 1. The molecule has 0 unspecified atom stereocenters. The van der Waals surface area contributed by atoms with E-state index >= 15 is 0 Å². The summed E-state index contributed by atoms with van der Waals surface area (Å²) in [4.78, 5) is 44.0. The molecule has 0 bridgehead atoms. The Labute approximate surface area is 304 Å². The van der Waals surface area contributed by atoms with Crippen LogP contribution in [0.5, 0.6) is 0 Å². The molecular formula is C43H65N3O4. The summed E-state index contributed by atoms with van der Waals surface area (Å²) in [5.74, 6) is -0.293. The number of unbranched alkanes of at least 4 members (excludes halogenated alkanes) is 2. The van der Waals surface area contributed by atoms with E-state index in [9.17, 15) is 14.4 Å². The normalized spacial score (nSPS) is 10.7. The Balaban J connectivity index is 0.000000782. The zero-order chi connectivity index (χ0) is 38.1. The highest BCUT2D eigenvalue weighted by atomic mass is 16.5. The predicted molar refractivity (Wildman–Crippen MR) is 213 cm³/mol. The van der Waals surface area contributed by atoms with Crippen LogP contribution in [0.2, 0.25) is 0 Å². The number of pyridine rings is 1. The number of hydrogen-bond acceptors (Lipinski definition) is 6. The highest BCUT2D eigenvalue weighted by Crippen LogP contribution is 2.29. The number of rotatable bonds is 14. The van der Waals surface area contributed by atoms with Crippen LogP contribution in [-0.2, 0) is 20.7 Å². The fourth-order valence-corrected chi connectivity index (χ4v) is 5.08. The molecule has 276 valence electrons. The molecule has 7 nitrogen and oxygen atoms in total. The summed E-state index contributed by atoms with van der Waals surface area (Å²) in [6.45, 7) is 20.6. The van der Waals surface area contributed by atoms with Gasteiger partial charge in [-0.15, -0.1) is 0 Å². The van der Waals surface area contributed by atoms with Crippen LogP contribution in [0, 0.1) is 6.92 Å². The minimum absolute atomic E-state index is 0.0482. The third-order valence-electron chi connectivity index (χ3n) is 8.09. The topological polar surface area (TPSA) is 79.8 Å². The molecule has 3 rings (SSSR count). The molecule has 0 saturated carbocycles. The number of benzene rings is 2. The van der Waals surface area contributed by atoms with Crippen molar-refractivity contribution in [3.8, 4) is 0 Å². The lowest BCUT2D eigenvalue weighted by molar-refractivity contribution is -0.118. The number of allylic oxidation sites excluding steroid dienone is 2. The van der Waals surface area contributed by atoms with E-state index in [1.165, 1.54) is 51.4 Å². The number of amides is 1. The summed E-state index contributed by atoms with van der Waals surface area (Å²) in [6, 6.07) is 21.3.